The molecule has 0 saturated carbocycles. The Bertz CT molecular complexity index is 795. The number of carbonyl (C=O) groups is 1. The Hall–Kier alpha value is -2.33. The number of ether oxygens (including phenoxy) is 1. The van der Waals surface area contributed by atoms with Crippen molar-refractivity contribution < 1.29 is 9.53 Å². The number of amides is 1. The molecule has 1 amide bonds. The highest BCUT2D eigenvalue weighted by molar-refractivity contribution is 6.07. The maximum absolute atomic E-state index is 12.9. The number of piperidine rings is 1. The van der Waals surface area contributed by atoms with E-state index in [1.165, 1.54) is 24.9 Å². The first-order chi connectivity index (χ1) is 13.7. The summed E-state index contributed by atoms with van der Waals surface area (Å²) in [5.41, 5.74) is 3.02. The normalized spacial score (nSPS) is 17.5. The summed E-state index contributed by atoms with van der Waals surface area (Å²) in [4.78, 5) is 17.3. The van der Waals surface area contributed by atoms with E-state index in [1.807, 2.05) is 47.4 Å². The molecule has 4 nitrogen and oxygen atoms in total. The summed E-state index contributed by atoms with van der Waals surface area (Å²) >= 11 is 0. The molecule has 4 rings (SSSR count). The molecule has 1 saturated heterocycles. The number of benzene rings is 2. The molecule has 0 aliphatic carbocycles. The number of hydrogen-bond acceptors (Lipinski definition) is 3. The van der Waals surface area contributed by atoms with E-state index in [-0.39, 0.29) is 12.0 Å². The van der Waals surface area contributed by atoms with Crippen LogP contribution in [0.5, 0.6) is 5.75 Å². The fourth-order valence-corrected chi connectivity index (χ4v) is 4.21. The van der Waals surface area contributed by atoms with Gasteiger partial charge in [0.15, 0.2) is 0 Å². The van der Waals surface area contributed by atoms with Gasteiger partial charge in [0.05, 0.1) is 0 Å². The first kappa shape index (κ1) is 19.0. The maximum Gasteiger partial charge on any atom is 0.258 e. The predicted octanol–water partition coefficient (Wildman–Crippen LogP) is 4.53. The maximum atomic E-state index is 12.9. The SMILES string of the molecule is CCCCN1CCC(Oc2ccc(C(=O)N3CCc4ccccc43)cc2)CC1. The fraction of sp³-hybridized carbons (Fsp3) is 0.458. The van der Waals surface area contributed by atoms with E-state index in [0.717, 1.165) is 55.9 Å². The standard InChI is InChI=1S/C24H30N2O2/c1-2-3-15-25-16-13-22(14-17-25)28-21-10-8-20(9-11-21)24(27)26-18-12-19-6-4-5-7-23(19)26/h4-11,22H,2-3,12-18H2,1H3. The number of nitrogens with zero attached hydrogens (tertiary/aromatic N) is 2. The third kappa shape index (κ3) is 4.22. The average Bonchev–Trinajstić information content (AvgIpc) is 3.17. The van der Waals surface area contributed by atoms with Crippen LogP contribution in [0.1, 0.15) is 48.5 Å². The topological polar surface area (TPSA) is 32.8 Å². The molecule has 2 aromatic carbocycles. The second-order valence-electron chi connectivity index (χ2n) is 7.87. The van der Waals surface area contributed by atoms with Gasteiger partial charge in [0, 0.05) is 30.9 Å². The lowest BCUT2D eigenvalue weighted by atomic mass is 10.1. The monoisotopic (exact) mass is 378 g/mol. The largest absolute Gasteiger partial charge is 0.490 e. The molecule has 2 aromatic rings. The van der Waals surface area contributed by atoms with E-state index in [2.05, 4.69) is 17.9 Å². The Labute approximate surface area is 168 Å². The summed E-state index contributed by atoms with van der Waals surface area (Å²) in [6.45, 7) is 6.45. The third-order valence-corrected chi connectivity index (χ3v) is 5.90. The second-order valence-corrected chi connectivity index (χ2v) is 7.87. The number of para-hydroxylation sites is 1. The van der Waals surface area contributed by atoms with Crippen LogP contribution < -0.4 is 9.64 Å². The van der Waals surface area contributed by atoms with Crippen LogP contribution in [-0.2, 0) is 6.42 Å². The highest BCUT2D eigenvalue weighted by atomic mass is 16.5. The molecule has 0 bridgehead atoms. The Kier molecular flexibility index (Phi) is 5.96. The van der Waals surface area contributed by atoms with Crippen molar-refractivity contribution in [3.63, 3.8) is 0 Å². The molecule has 148 valence electrons. The molecular weight excluding hydrogens is 348 g/mol. The van der Waals surface area contributed by atoms with Gasteiger partial charge in [0.25, 0.3) is 5.91 Å². The fourth-order valence-electron chi connectivity index (χ4n) is 4.21. The quantitative estimate of drug-likeness (QED) is 0.740. The Morgan fingerprint density at radius 2 is 1.79 bits per heavy atom. The molecule has 2 aliphatic rings. The predicted molar refractivity (Wildman–Crippen MR) is 113 cm³/mol. The zero-order chi connectivity index (χ0) is 19.3. The number of unbranched alkanes of at least 4 members (excludes halogenated alkanes) is 1. The van der Waals surface area contributed by atoms with Crippen LogP contribution >= 0.6 is 0 Å². The molecule has 1 fully saturated rings. The van der Waals surface area contributed by atoms with Crippen molar-refractivity contribution >= 4 is 11.6 Å². The molecule has 0 radical (unpaired) electrons. The van der Waals surface area contributed by atoms with Gasteiger partial charge < -0.3 is 14.5 Å². The summed E-state index contributed by atoms with van der Waals surface area (Å²) in [5.74, 6) is 0.936. The highest BCUT2D eigenvalue weighted by Crippen LogP contribution is 2.29. The zero-order valence-electron chi connectivity index (χ0n) is 16.8. The van der Waals surface area contributed by atoms with Crippen LogP contribution in [0.25, 0.3) is 0 Å². The lowest BCUT2D eigenvalue weighted by Gasteiger charge is -2.32. The zero-order valence-corrected chi connectivity index (χ0v) is 16.8. The molecular formula is C24H30N2O2. The summed E-state index contributed by atoms with van der Waals surface area (Å²) in [6.07, 6.45) is 5.90. The molecule has 4 heteroatoms. The van der Waals surface area contributed by atoms with Crippen molar-refractivity contribution in [1.29, 1.82) is 0 Å². The van der Waals surface area contributed by atoms with Crippen molar-refractivity contribution in [3.8, 4) is 5.75 Å². The molecule has 0 atom stereocenters. The smallest absolute Gasteiger partial charge is 0.258 e. The first-order valence-corrected chi connectivity index (χ1v) is 10.6. The molecule has 0 N–H and O–H groups in total. The van der Waals surface area contributed by atoms with Gasteiger partial charge in [0.2, 0.25) is 0 Å². The summed E-state index contributed by atoms with van der Waals surface area (Å²) in [6, 6.07) is 15.8. The van der Waals surface area contributed by atoms with Crippen LogP contribution in [0.15, 0.2) is 48.5 Å². The molecule has 0 unspecified atom stereocenters. The summed E-state index contributed by atoms with van der Waals surface area (Å²) in [7, 11) is 0. The Morgan fingerprint density at radius 3 is 2.54 bits per heavy atom. The van der Waals surface area contributed by atoms with Crippen LogP contribution in [0.2, 0.25) is 0 Å². The van der Waals surface area contributed by atoms with E-state index in [1.54, 1.807) is 0 Å². The van der Waals surface area contributed by atoms with Gasteiger partial charge >= 0.3 is 0 Å². The third-order valence-electron chi connectivity index (χ3n) is 5.90. The van der Waals surface area contributed by atoms with Crippen LogP contribution in [0.3, 0.4) is 0 Å². The van der Waals surface area contributed by atoms with E-state index in [9.17, 15) is 4.79 Å². The van der Waals surface area contributed by atoms with Gasteiger partial charge in [-0.2, -0.15) is 0 Å². The minimum atomic E-state index is 0.0701. The van der Waals surface area contributed by atoms with Crippen LogP contribution in [0, 0.1) is 0 Å². The van der Waals surface area contributed by atoms with E-state index >= 15 is 0 Å². The van der Waals surface area contributed by atoms with Gasteiger partial charge in [-0.25, -0.2) is 0 Å². The van der Waals surface area contributed by atoms with Crippen LogP contribution in [0.4, 0.5) is 5.69 Å². The lowest BCUT2D eigenvalue weighted by molar-refractivity contribution is 0.0985. The van der Waals surface area contributed by atoms with E-state index in [4.69, 9.17) is 4.74 Å². The van der Waals surface area contributed by atoms with Crippen molar-refractivity contribution in [2.24, 2.45) is 0 Å². The molecule has 0 aromatic heterocycles. The van der Waals surface area contributed by atoms with Crippen molar-refractivity contribution in [1.82, 2.24) is 4.90 Å². The van der Waals surface area contributed by atoms with E-state index < -0.39 is 0 Å². The van der Waals surface area contributed by atoms with Gasteiger partial charge in [-0.05, 0) is 68.1 Å². The van der Waals surface area contributed by atoms with Gasteiger partial charge in [0.1, 0.15) is 11.9 Å². The Morgan fingerprint density at radius 1 is 1.04 bits per heavy atom. The molecule has 2 heterocycles. The lowest BCUT2D eigenvalue weighted by Crippen LogP contribution is -2.38. The number of hydrogen-bond donors (Lipinski definition) is 0. The molecule has 2 aliphatic heterocycles. The Balaban J connectivity index is 1.33. The number of anilines is 1. The first-order valence-electron chi connectivity index (χ1n) is 10.6. The van der Waals surface area contributed by atoms with Crippen LogP contribution in [-0.4, -0.2) is 43.1 Å². The highest BCUT2D eigenvalue weighted by Gasteiger charge is 2.25. The average molecular weight is 379 g/mol. The minimum absolute atomic E-state index is 0.0701. The number of fused-ring (bicyclic) bond motifs is 1. The summed E-state index contributed by atoms with van der Waals surface area (Å²) in [5, 5.41) is 0. The van der Waals surface area contributed by atoms with Gasteiger partial charge in [-0.15, -0.1) is 0 Å². The molecule has 28 heavy (non-hydrogen) atoms. The van der Waals surface area contributed by atoms with Crippen molar-refractivity contribution in [3.05, 3.63) is 59.7 Å². The van der Waals surface area contributed by atoms with E-state index in [0.29, 0.717) is 0 Å². The van der Waals surface area contributed by atoms with Crippen molar-refractivity contribution in [2.45, 2.75) is 45.1 Å². The van der Waals surface area contributed by atoms with Gasteiger partial charge in [-0.1, -0.05) is 31.5 Å². The number of likely N-dealkylation sites (tertiary alicyclic amines) is 1. The van der Waals surface area contributed by atoms with Crippen molar-refractivity contribution in [2.75, 3.05) is 31.1 Å². The minimum Gasteiger partial charge on any atom is -0.490 e. The second kappa shape index (κ2) is 8.78. The number of rotatable bonds is 6. The summed E-state index contributed by atoms with van der Waals surface area (Å²) < 4.78 is 6.17. The number of carbonyl (C=O) groups excluding carboxylic acids is 1. The molecule has 0 spiro atoms. The van der Waals surface area contributed by atoms with Gasteiger partial charge in [-0.3, -0.25) is 4.79 Å².